The summed E-state index contributed by atoms with van der Waals surface area (Å²) in [5, 5.41) is 6.01. The monoisotopic (exact) mass is 329 g/mol. The summed E-state index contributed by atoms with van der Waals surface area (Å²) in [5.41, 5.74) is 5.38. The quantitative estimate of drug-likeness (QED) is 0.672. The highest BCUT2D eigenvalue weighted by molar-refractivity contribution is 6.31. The number of halogens is 1. The fraction of sp³-hybridized carbons (Fsp3) is 0.643. The molecule has 7 nitrogen and oxygen atoms in total. The molecule has 124 valence electrons. The maximum Gasteiger partial charge on any atom is 0.276 e. The molecule has 0 atom stereocenters. The van der Waals surface area contributed by atoms with E-state index in [0.29, 0.717) is 31.7 Å². The van der Waals surface area contributed by atoms with Gasteiger partial charge in [0.1, 0.15) is 0 Å². The number of rotatable bonds is 8. The zero-order valence-corrected chi connectivity index (χ0v) is 14.3. The van der Waals surface area contributed by atoms with Gasteiger partial charge in [0.25, 0.3) is 5.91 Å². The molecule has 0 saturated carbocycles. The third kappa shape index (κ3) is 3.98. The molecule has 1 aromatic rings. The molecule has 1 amide bonds. The second-order valence-electron chi connectivity index (χ2n) is 4.90. The Bertz CT molecular complexity index is 512. The topological polar surface area (TPSA) is 102 Å². The zero-order valence-electron chi connectivity index (χ0n) is 13.5. The lowest BCUT2D eigenvalue weighted by Crippen LogP contribution is -2.53. The molecule has 0 saturated heterocycles. The van der Waals surface area contributed by atoms with Crippen LogP contribution in [-0.4, -0.2) is 41.6 Å². The fourth-order valence-corrected chi connectivity index (χ4v) is 2.23. The summed E-state index contributed by atoms with van der Waals surface area (Å²) in [5.74, 6) is 0.105. The van der Waals surface area contributed by atoms with Gasteiger partial charge in [-0.1, -0.05) is 25.4 Å². The van der Waals surface area contributed by atoms with Crippen molar-refractivity contribution in [1.82, 2.24) is 15.3 Å². The molecule has 0 aliphatic rings. The summed E-state index contributed by atoms with van der Waals surface area (Å²) in [6, 6.07) is 0. The van der Waals surface area contributed by atoms with Gasteiger partial charge in [-0.2, -0.15) is 4.98 Å². The van der Waals surface area contributed by atoms with Crippen LogP contribution in [0.4, 0.5) is 5.82 Å². The highest BCUT2D eigenvalue weighted by Crippen LogP contribution is 2.24. The molecule has 22 heavy (non-hydrogen) atoms. The third-order valence-corrected chi connectivity index (χ3v) is 3.96. The number of anilines is 1. The Kier molecular flexibility index (Phi) is 6.83. The number of hydrogen-bond donors (Lipinski definition) is 3. The van der Waals surface area contributed by atoms with Crippen molar-refractivity contribution >= 4 is 23.3 Å². The van der Waals surface area contributed by atoms with Crippen LogP contribution in [0.25, 0.3) is 0 Å². The van der Waals surface area contributed by atoms with Gasteiger partial charge < -0.3 is 21.1 Å². The second kappa shape index (κ2) is 8.14. The minimum atomic E-state index is -0.476. The van der Waals surface area contributed by atoms with Gasteiger partial charge in [0.15, 0.2) is 16.7 Å². The average molecular weight is 330 g/mol. The first-order valence-electron chi connectivity index (χ1n) is 7.34. The number of methoxy groups -OCH3 is 1. The number of nitrogens with zero attached hydrogens (tertiary/aromatic N) is 2. The van der Waals surface area contributed by atoms with E-state index in [0.717, 1.165) is 0 Å². The summed E-state index contributed by atoms with van der Waals surface area (Å²) < 4.78 is 5.16. The summed E-state index contributed by atoms with van der Waals surface area (Å²) in [4.78, 5) is 20.8. The Morgan fingerprint density at radius 1 is 1.32 bits per heavy atom. The molecule has 8 heteroatoms. The van der Waals surface area contributed by atoms with E-state index in [-0.39, 0.29) is 16.7 Å². The van der Waals surface area contributed by atoms with Gasteiger partial charge in [-0.3, -0.25) is 4.79 Å². The van der Waals surface area contributed by atoms with Crippen molar-refractivity contribution in [2.45, 2.75) is 39.2 Å². The molecule has 0 fully saturated rings. The van der Waals surface area contributed by atoms with Gasteiger partial charge in [-0.25, -0.2) is 4.98 Å². The average Bonchev–Trinajstić information content (AvgIpc) is 2.54. The first-order chi connectivity index (χ1) is 10.5. The number of aromatic nitrogens is 2. The van der Waals surface area contributed by atoms with Crippen molar-refractivity contribution in [3.05, 3.63) is 10.8 Å². The predicted octanol–water partition coefficient (Wildman–Crippen LogP) is 1.82. The standard InChI is InChI=1S/C14H24ClN5O2/c1-5-14(6-2,8-16)20-12(21)9-13(22-4)19-11(17-7-3)10(15)18-9/h5-8,16H2,1-4H3,(H,17,19)(H,20,21). The van der Waals surface area contributed by atoms with Gasteiger partial charge in [0.2, 0.25) is 5.88 Å². The van der Waals surface area contributed by atoms with Gasteiger partial charge in [-0.15, -0.1) is 0 Å². The maximum absolute atomic E-state index is 12.5. The van der Waals surface area contributed by atoms with E-state index in [4.69, 9.17) is 22.1 Å². The van der Waals surface area contributed by atoms with Gasteiger partial charge in [0, 0.05) is 13.1 Å². The first kappa shape index (κ1) is 18.4. The second-order valence-corrected chi connectivity index (χ2v) is 5.25. The van der Waals surface area contributed by atoms with Crippen LogP contribution < -0.4 is 21.1 Å². The normalized spacial score (nSPS) is 11.2. The maximum atomic E-state index is 12.5. The van der Waals surface area contributed by atoms with Gasteiger partial charge in [0.05, 0.1) is 12.6 Å². The van der Waals surface area contributed by atoms with E-state index in [9.17, 15) is 4.79 Å². The molecule has 1 rings (SSSR count). The Labute approximate surface area is 136 Å². The van der Waals surface area contributed by atoms with Crippen molar-refractivity contribution in [3.63, 3.8) is 0 Å². The lowest BCUT2D eigenvalue weighted by Gasteiger charge is -2.31. The molecule has 0 unspecified atom stereocenters. The lowest BCUT2D eigenvalue weighted by molar-refractivity contribution is 0.0886. The van der Waals surface area contributed by atoms with Gasteiger partial charge >= 0.3 is 0 Å². The number of amides is 1. The summed E-state index contributed by atoms with van der Waals surface area (Å²) in [7, 11) is 1.43. The molecule has 0 radical (unpaired) electrons. The number of carbonyl (C=O) groups is 1. The molecule has 1 heterocycles. The van der Waals surface area contributed by atoms with E-state index >= 15 is 0 Å². The highest BCUT2D eigenvalue weighted by Gasteiger charge is 2.29. The van der Waals surface area contributed by atoms with E-state index in [1.165, 1.54) is 7.11 Å². The molecule has 0 bridgehead atoms. The molecule has 4 N–H and O–H groups in total. The van der Waals surface area contributed by atoms with Crippen LogP contribution in [0.5, 0.6) is 5.88 Å². The van der Waals surface area contributed by atoms with E-state index in [1.807, 2.05) is 20.8 Å². The molecular formula is C14H24ClN5O2. The van der Waals surface area contributed by atoms with Crippen molar-refractivity contribution < 1.29 is 9.53 Å². The van der Waals surface area contributed by atoms with Crippen LogP contribution in [0.2, 0.25) is 5.15 Å². The van der Waals surface area contributed by atoms with Gasteiger partial charge in [-0.05, 0) is 19.8 Å². The van der Waals surface area contributed by atoms with E-state index in [2.05, 4.69) is 20.6 Å². The smallest absolute Gasteiger partial charge is 0.276 e. The summed E-state index contributed by atoms with van der Waals surface area (Å²) in [6.45, 7) is 6.82. The minimum absolute atomic E-state index is 0.0499. The van der Waals surface area contributed by atoms with E-state index < -0.39 is 11.4 Å². The number of carbonyl (C=O) groups excluding carboxylic acids is 1. The largest absolute Gasteiger partial charge is 0.479 e. The molecule has 0 spiro atoms. The van der Waals surface area contributed by atoms with E-state index in [1.54, 1.807) is 0 Å². The number of nitrogens with two attached hydrogens (primary N) is 1. The van der Waals surface area contributed by atoms with Crippen LogP contribution in [0.1, 0.15) is 44.1 Å². The van der Waals surface area contributed by atoms with Crippen LogP contribution in [-0.2, 0) is 0 Å². The Hall–Kier alpha value is -1.60. The zero-order chi connectivity index (χ0) is 16.8. The first-order valence-corrected chi connectivity index (χ1v) is 7.72. The third-order valence-electron chi connectivity index (χ3n) is 3.70. The summed E-state index contributed by atoms with van der Waals surface area (Å²) in [6.07, 6.45) is 1.43. The van der Waals surface area contributed by atoms with Crippen molar-refractivity contribution in [1.29, 1.82) is 0 Å². The molecule has 0 aliphatic carbocycles. The summed E-state index contributed by atoms with van der Waals surface area (Å²) >= 11 is 6.06. The van der Waals surface area contributed by atoms with Crippen LogP contribution >= 0.6 is 11.6 Å². The molecular weight excluding hydrogens is 306 g/mol. The van der Waals surface area contributed by atoms with Crippen LogP contribution in [0.15, 0.2) is 0 Å². The van der Waals surface area contributed by atoms with Crippen LogP contribution in [0.3, 0.4) is 0 Å². The molecule has 1 aromatic heterocycles. The number of nitrogens with one attached hydrogen (secondary N) is 2. The number of hydrogen-bond acceptors (Lipinski definition) is 6. The highest BCUT2D eigenvalue weighted by atomic mass is 35.5. The SMILES string of the molecule is CCNc1nc(OC)c(C(=O)NC(CC)(CC)CN)nc1Cl. The van der Waals surface area contributed by atoms with Crippen LogP contribution in [0, 0.1) is 0 Å². The molecule has 0 aliphatic heterocycles. The molecule has 0 aromatic carbocycles. The van der Waals surface area contributed by atoms with Crippen molar-refractivity contribution in [2.24, 2.45) is 5.73 Å². The lowest BCUT2D eigenvalue weighted by atomic mass is 9.93. The predicted molar refractivity (Wildman–Crippen MR) is 87.6 cm³/mol. The number of ether oxygens (including phenoxy) is 1. The van der Waals surface area contributed by atoms with Crippen molar-refractivity contribution in [3.8, 4) is 5.88 Å². The fourth-order valence-electron chi connectivity index (χ4n) is 2.04. The Morgan fingerprint density at radius 2 is 1.95 bits per heavy atom. The Morgan fingerprint density at radius 3 is 2.41 bits per heavy atom. The Balaban J connectivity index is 3.14. The van der Waals surface area contributed by atoms with Crippen molar-refractivity contribution in [2.75, 3.05) is 25.5 Å². The minimum Gasteiger partial charge on any atom is -0.479 e.